The molecule has 5 rings (SSSR count). The SMILES string of the molecule is Cc1ccc(-n2cc3c(N4CCCC(C(=O)NCc5ccc(N(C)C)cc5)C4)ncnc3n2)cc1. The molecule has 0 bridgehead atoms. The van der Waals surface area contributed by atoms with Gasteiger partial charge < -0.3 is 15.1 Å². The minimum Gasteiger partial charge on any atom is -0.378 e. The van der Waals surface area contributed by atoms with Crippen molar-refractivity contribution in [3.63, 3.8) is 0 Å². The lowest BCUT2D eigenvalue weighted by atomic mass is 9.97. The third kappa shape index (κ3) is 4.96. The van der Waals surface area contributed by atoms with E-state index in [4.69, 9.17) is 0 Å². The van der Waals surface area contributed by atoms with Crippen LogP contribution in [0.2, 0.25) is 0 Å². The van der Waals surface area contributed by atoms with Gasteiger partial charge in [-0.3, -0.25) is 4.79 Å². The van der Waals surface area contributed by atoms with Crippen molar-refractivity contribution in [3.8, 4) is 5.69 Å². The fraction of sp³-hybridized carbons (Fsp3) is 0.333. The Labute approximate surface area is 205 Å². The van der Waals surface area contributed by atoms with Crippen LogP contribution in [0.4, 0.5) is 11.5 Å². The Morgan fingerprint density at radius 3 is 2.60 bits per heavy atom. The van der Waals surface area contributed by atoms with Crippen LogP contribution in [0.25, 0.3) is 16.7 Å². The van der Waals surface area contributed by atoms with Crippen molar-refractivity contribution >= 4 is 28.4 Å². The van der Waals surface area contributed by atoms with Gasteiger partial charge in [0.05, 0.1) is 17.0 Å². The number of hydrogen-bond acceptors (Lipinski definition) is 6. The first-order valence-corrected chi connectivity index (χ1v) is 12.0. The normalized spacial score (nSPS) is 15.9. The van der Waals surface area contributed by atoms with E-state index in [0.29, 0.717) is 18.7 Å². The zero-order chi connectivity index (χ0) is 24.4. The molecule has 1 atom stereocenters. The minimum absolute atomic E-state index is 0.0815. The Hall–Kier alpha value is -3.94. The highest BCUT2D eigenvalue weighted by atomic mass is 16.1. The molecule has 2 aromatic heterocycles. The number of carbonyl (C=O) groups is 1. The predicted octanol–water partition coefficient (Wildman–Crippen LogP) is 3.72. The molecule has 0 aliphatic carbocycles. The van der Waals surface area contributed by atoms with E-state index in [1.807, 2.05) is 37.1 Å². The van der Waals surface area contributed by atoms with Crippen LogP contribution < -0.4 is 15.1 Å². The number of piperidine rings is 1. The van der Waals surface area contributed by atoms with Crippen LogP contribution in [0.3, 0.4) is 0 Å². The lowest BCUT2D eigenvalue weighted by Crippen LogP contribution is -2.43. The lowest BCUT2D eigenvalue weighted by Gasteiger charge is -2.33. The van der Waals surface area contributed by atoms with Crippen LogP contribution in [0.5, 0.6) is 0 Å². The number of hydrogen-bond donors (Lipinski definition) is 1. The van der Waals surface area contributed by atoms with Gasteiger partial charge in [-0.05, 0) is 49.6 Å². The summed E-state index contributed by atoms with van der Waals surface area (Å²) < 4.78 is 1.85. The molecule has 0 radical (unpaired) electrons. The summed E-state index contributed by atoms with van der Waals surface area (Å²) in [6.45, 7) is 4.09. The van der Waals surface area contributed by atoms with E-state index in [1.165, 1.54) is 5.56 Å². The topological polar surface area (TPSA) is 79.2 Å². The molecule has 0 spiro atoms. The van der Waals surface area contributed by atoms with Crippen LogP contribution in [0.1, 0.15) is 24.0 Å². The van der Waals surface area contributed by atoms with Gasteiger partial charge in [-0.2, -0.15) is 0 Å². The van der Waals surface area contributed by atoms with E-state index in [2.05, 4.69) is 73.5 Å². The van der Waals surface area contributed by atoms with E-state index in [0.717, 1.165) is 47.5 Å². The average molecular weight is 470 g/mol. The molecule has 1 saturated heterocycles. The number of aromatic nitrogens is 4. The third-order valence-electron chi connectivity index (χ3n) is 6.61. The van der Waals surface area contributed by atoms with Crippen LogP contribution in [-0.4, -0.2) is 52.8 Å². The molecule has 2 aromatic carbocycles. The number of carbonyl (C=O) groups excluding carboxylic acids is 1. The highest BCUT2D eigenvalue weighted by molar-refractivity contribution is 5.87. The fourth-order valence-electron chi connectivity index (χ4n) is 4.54. The molecule has 1 aliphatic heterocycles. The van der Waals surface area contributed by atoms with Gasteiger partial charge in [-0.1, -0.05) is 29.8 Å². The van der Waals surface area contributed by atoms with Crippen LogP contribution >= 0.6 is 0 Å². The van der Waals surface area contributed by atoms with E-state index in [1.54, 1.807) is 6.33 Å². The van der Waals surface area contributed by atoms with Crippen LogP contribution in [-0.2, 0) is 11.3 Å². The maximum absolute atomic E-state index is 13.0. The predicted molar refractivity (Wildman–Crippen MR) is 139 cm³/mol. The molecule has 180 valence electrons. The molecule has 1 N–H and O–H groups in total. The summed E-state index contributed by atoms with van der Waals surface area (Å²) in [5.41, 5.74) is 5.08. The molecule has 1 aliphatic rings. The van der Waals surface area contributed by atoms with E-state index in [9.17, 15) is 4.79 Å². The highest BCUT2D eigenvalue weighted by Gasteiger charge is 2.28. The number of nitrogens with zero attached hydrogens (tertiary/aromatic N) is 6. The molecular weight excluding hydrogens is 438 g/mol. The van der Waals surface area contributed by atoms with Crippen molar-refractivity contribution < 1.29 is 4.79 Å². The molecule has 0 saturated carbocycles. The Morgan fingerprint density at radius 1 is 1.09 bits per heavy atom. The highest BCUT2D eigenvalue weighted by Crippen LogP contribution is 2.28. The fourth-order valence-corrected chi connectivity index (χ4v) is 4.54. The smallest absolute Gasteiger partial charge is 0.225 e. The molecular formula is C27H31N7O. The first kappa shape index (κ1) is 22.8. The van der Waals surface area contributed by atoms with Gasteiger partial charge in [0.2, 0.25) is 5.91 Å². The number of nitrogens with one attached hydrogen (secondary N) is 1. The second kappa shape index (κ2) is 9.74. The zero-order valence-corrected chi connectivity index (χ0v) is 20.5. The van der Waals surface area contributed by atoms with Gasteiger partial charge in [0.25, 0.3) is 0 Å². The summed E-state index contributed by atoms with van der Waals surface area (Å²) in [4.78, 5) is 26.2. The Bertz CT molecular complexity index is 1310. The molecule has 1 fully saturated rings. The van der Waals surface area contributed by atoms with Crippen molar-refractivity contribution in [3.05, 3.63) is 72.2 Å². The molecule has 8 nitrogen and oxygen atoms in total. The lowest BCUT2D eigenvalue weighted by molar-refractivity contribution is -0.125. The summed E-state index contributed by atoms with van der Waals surface area (Å²) in [6, 6.07) is 16.5. The van der Waals surface area contributed by atoms with Crippen molar-refractivity contribution in [2.24, 2.45) is 5.92 Å². The van der Waals surface area contributed by atoms with Crippen molar-refractivity contribution in [1.29, 1.82) is 0 Å². The molecule has 8 heteroatoms. The Morgan fingerprint density at radius 2 is 1.86 bits per heavy atom. The van der Waals surface area contributed by atoms with E-state index < -0.39 is 0 Å². The second-order valence-electron chi connectivity index (χ2n) is 9.41. The van der Waals surface area contributed by atoms with Gasteiger partial charge >= 0.3 is 0 Å². The summed E-state index contributed by atoms with van der Waals surface area (Å²) in [5.74, 6) is 0.846. The van der Waals surface area contributed by atoms with E-state index >= 15 is 0 Å². The first-order chi connectivity index (χ1) is 17.0. The maximum atomic E-state index is 13.0. The van der Waals surface area contributed by atoms with Gasteiger partial charge in [0.15, 0.2) is 5.65 Å². The van der Waals surface area contributed by atoms with Gasteiger partial charge in [-0.25, -0.2) is 14.6 Å². The standard InChI is InChI=1S/C27H31N7O/c1-19-6-10-23(11-7-19)34-17-24-25(31-34)29-18-30-26(24)33-14-4-5-21(16-33)27(35)28-15-20-8-12-22(13-9-20)32(2)3/h6-13,17-18,21H,4-5,14-16H2,1-3H3,(H,28,35). The monoisotopic (exact) mass is 469 g/mol. The summed E-state index contributed by atoms with van der Waals surface area (Å²) in [5, 5.41) is 8.69. The molecule has 3 heterocycles. The van der Waals surface area contributed by atoms with Gasteiger partial charge in [0.1, 0.15) is 12.1 Å². The molecule has 4 aromatic rings. The summed E-state index contributed by atoms with van der Waals surface area (Å²) in [7, 11) is 4.04. The van der Waals surface area contributed by atoms with Gasteiger partial charge in [-0.15, -0.1) is 5.10 Å². The molecule has 1 unspecified atom stereocenters. The minimum atomic E-state index is -0.0815. The molecule has 35 heavy (non-hydrogen) atoms. The maximum Gasteiger partial charge on any atom is 0.225 e. The number of amides is 1. The van der Waals surface area contributed by atoms with Crippen molar-refractivity contribution in [2.45, 2.75) is 26.3 Å². The number of anilines is 2. The Balaban J connectivity index is 1.29. The van der Waals surface area contributed by atoms with Crippen LogP contribution in [0, 0.1) is 12.8 Å². The second-order valence-corrected chi connectivity index (χ2v) is 9.41. The summed E-state index contributed by atoms with van der Waals surface area (Å²) in [6.07, 6.45) is 5.35. The number of aryl methyl sites for hydroxylation is 1. The number of fused-ring (bicyclic) bond motifs is 1. The first-order valence-electron chi connectivity index (χ1n) is 12.0. The molecule has 1 amide bonds. The zero-order valence-electron chi connectivity index (χ0n) is 20.5. The number of rotatable bonds is 6. The number of benzene rings is 2. The average Bonchev–Trinajstić information content (AvgIpc) is 3.32. The largest absolute Gasteiger partial charge is 0.378 e. The quantitative estimate of drug-likeness (QED) is 0.464. The Kier molecular flexibility index (Phi) is 6.35. The van der Waals surface area contributed by atoms with Gasteiger partial charge in [0, 0.05) is 45.6 Å². The summed E-state index contributed by atoms with van der Waals surface area (Å²) >= 11 is 0. The third-order valence-corrected chi connectivity index (χ3v) is 6.61. The van der Waals surface area contributed by atoms with Crippen LogP contribution in [0.15, 0.2) is 61.1 Å². The van der Waals surface area contributed by atoms with E-state index in [-0.39, 0.29) is 11.8 Å². The van der Waals surface area contributed by atoms with Crippen molar-refractivity contribution in [2.75, 3.05) is 37.0 Å². The van der Waals surface area contributed by atoms with Crippen molar-refractivity contribution in [1.82, 2.24) is 25.1 Å².